The van der Waals surface area contributed by atoms with Crippen molar-refractivity contribution in [1.29, 1.82) is 0 Å². The van der Waals surface area contributed by atoms with Crippen LogP contribution in [-0.2, 0) is 6.61 Å². The number of hydrogen-bond acceptors (Lipinski definition) is 5. The van der Waals surface area contributed by atoms with Crippen LogP contribution in [0.25, 0.3) is 33.5 Å². The van der Waals surface area contributed by atoms with E-state index in [1.807, 2.05) is 36.4 Å². The first-order valence-corrected chi connectivity index (χ1v) is 12.1. The van der Waals surface area contributed by atoms with Gasteiger partial charge in [0.25, 0.3) is 5.56 Å². The molecule has 0 fully saturated rings. The van der Waals surface area contributed by atoms with Crippen LogP contribution in [0.5, 0.6) is 5.75 Å². The van der Waals surface area contributed by atoms with E-state index in [0.29, 0.717) is 38.6 Å². The SMILES string of the molecule is O=c1c2ccccc2nc(-c2cc3ccccc3o2)n1N=Cc1cc(Cl)ccc1OCc1ccc(F)cc1. The van der Waals surface area contributed by atoms with E-state index < -0.39 is 0 Å². The van der Waals surface area contributed by atoms with Crippen molar-refractivity contribution in [1.82, 2.24) is 9.66 Å². The van der Waals surface area contributed by atoms with Crippen molar-refractivity contribution in [2.45, 2.75) is 6.61 Å². The van der Waals surface area contributed by atoms with Gasteiger partial charge in [-0.05, 0) is 60.2 Å². The molecular formula is C30H19ClFN3O3. The number of benzene rings is 4. The normalized spacial score (nSPS) is 11.5. The van der Waals surface area contributed by atoms with Crippen molar-refractivity contribution >= 4 is 39.7 Å². The second kappa shape index (κ2) is 9.95. The maximum atomic E-state index is 13.5. The Kier molecular flexibility index (Phi) is 6.19. The number of rotatable bonds is 6. The highest BCUT2D eigenvalue weighted by Gasteiger charge is 2.16. The summed E-state index contributed by atoms with van der Waals surface area (Å²) in [6.07, 6.45) is 1.50. The second-order valence-corrected chi connectivity index (χ2v) is 9.00. The number of para-hydroxylation sites is 2. The summed E-state index contributed by atoms with van der Waals surface area (Å²) in [7, 11) is 0. The first-order chi connectivity index (χ1) is 18.5. The summed E-state index contributed by atoms with van der Waals surface area (Å²) in [6.45, 7) is 0.213. The molecule has 6 nitrogen and oxygen atoms in total. The smallest absolute Gasteiger partial charge is 0.282 e. The van der Waals surface area contributed by atoms with Crippen LogP contribution in [0.3, 0.4) is 0 Å². The molecule has 0 saturated heterocycles. The molecular weight excluding hydrogens is 505 g/mol. The van der Waals surface area contributed by atoms with Gasteiger partial charge in [0, 0.05) is 16.0 Å². The molecule has 0 aliphatic heterocycles. The summed E-state index contributed by atoms with van der Waals surface area (Å²) in [4.78, 5) is 18.2. The molecule has 0 saturated carbocycles. The topological polar surface area (TPSA) is 69.6 Å². The molecule has 6 rings (SSSR count). The minimum Gasteiger partial charge on any atom is -0.488 e. The molecule has 0 N–H and O–H groups in total. The molecule has 186 valence electrons. The zero-order valence-electron chi connectivity index (χ0n) is 19.8. The van der Waals surface area contributed by atoms with Crippen LogP contribution in [0.2, 0.25) is 5.02 Å². The minimum absolute atomic E-state index is 0.213. The molecule has 8 heteroatoms. The number of hydrogen-bond donors (Lipinski definition) is 0. The summed E-state index contributed by atoms with van der Waals surface area (Å²) < 4.78 is 26.5. The molecule has 0 amide bonds. The van der Waals surface area contributed by atoms with Gasteiger partial charge in [0.05, 0.1) is 17.1 Å². The van der Waals surface area contributed by atoms with E-state index in [-0.39, 0.29) is 23.8 Å². The van der Waals surface area contributed by atoms with Crippen molar-refractivity contribution < 1.29 is 13.5 Å². The van der Waals surface area contributed by atoms with Crippen LogP contribution in [0.1, 0.15) is 11.1 Å². The number of halogens is 2. The average Bonchev–Trinajstić information content (AvgIpc) is 3.37. The number of fused-ring (bicyclic) bond motifs is 2. The first-order valence-electron chi connectivity index (χ1n) is 11.8. The highest BCUT2D eigenvalue weighted by Crippen LogP contribution is 2.28. The molecule has 2 aromatic heterocycles. The Morgan fingerprint density at radius 1 is 0.974 bits per heavy atom. The molecule has 0 atom stereocenters. The third-order valence-electron chi connectivity index (χ3n) is 5.99. The van der Waals surface area contributed by atoms with Crippen LogP contribution in [0.15, 0.2) is 111 Å². The van der Waals surface area contributed by atoms with Gasteiger partial charge in [0.15, 0.2) is 5.76 Å². The van der Waals surface area contributed by atoms with Crippen LogP contribution in [-0.4, -0.2) is 15.9 Å². The summed E-state index contributed by atoms with van der Waals surface area (Å²) in [5, 5.41) is 6.28. The van der Waals surface area contributed by atoms with Gasteiger partial charge in [-0.25, -0.2) is 9.37 Å². The van der Waals surface area contributed by atoms with E-state index in [1.165, 1.54) is 23.0 Å². The fourth-order valence-corrected chi connectivity index (χ4v) is 4.28. The Hall–Kier alpha value is -4.75. The lowest BCUT2D eigenvalue weighted by Crippen LogP contribution is -2.20. The molecule has 0 unspecified atom stereocenters. The highest BCUT2D eigenvalue weighted by atomic mass is 35.5. The van der Waals surface area contributed by atoms with Crippen LogP contribution in [0.4, 0.5) is 4.39 Å². The summed E-state index contributed by atoms with van der Waals surface area (Å²) >= 11 is 6.26. The Bertz CT molecular complexity index is 1840. The van der Waals surface area contributed by atoms with E-state index in [4.69, 9.17) is 25.7 Å². The Labute approximate surface area is 221 Å². The van der Waals surface area contributed by atoms with E-state index in [1.54, 1.807) is 48.5 Å². The van der Waals surface area contributed by atoms with E-state index in [2.05, 4.69) is 5.10 Å². The molecule has 0 aliphatic carbocycles. The van der Waals surface area contributed by atoms with Gasteiger partial charge in [-0.1, -0.05) is 54.1 Å². The Balaban J connectivity index is 1.43. The third kappa shape index (κ3) is 4.67. The maximum absolute atomic E-state index is 13.5. The van der Waals surface area contributed by atoms with Gasteiger partial charge in [0.2, 0.25) is 5.82 Å². The molecule has 38 heavy (non-hydrogen) atoms. The number of furan rings is 1. The number of aromatic nitrogens is 2. The van der Waals surface area contributed by atoms with Gasteiger partial charge in [-0.15, -0.1) is 0 Å². The predicted molar refractivity (Wildman–Crippen MR) is 146 cm³/mol. The predicted octanol–water partition coefficient (Wildman–Crippen LogP) is 7.06. The molecule has 0 bridgehead atoms. The lowest BCUT2D eigenvalue weighted by molar-refractivity contribution is 0.305. The van der Waals surface area contributed by atoms with E-state index in [0.717, 1.165) is 10.9 Å². The maximum Gasteiger partial charge on any atom is 0.282 e. The Morgan fingerprint density at radius 3 is 2.61 bits per heavy atom. The summed E-state index contributed by atoms with van der Waals surface area (Å²) in [5.41, 5.74) is 2.21. The fourth-order valence-electron chi connectivity index (χ4n) is 4.10. The third-order valence-corrected chi connectivity index (χ3v) is 6.23. The first kappa shape index (κ1) is 23.6. The van der Waals surface area contributed by atoms with Crippen LogP contribution < -0.4 is 10.3 Å². The lowest BCUT2D eigenvalue weighted by Gasteiger charge is -2.11. The molecule has 4 aromatic carbocycles. The van der Waals surface area contributed by atoms with Crippen molar-refractivity contribution in [3.63, 3.8) is 0 Å². The molecule has 0 radical (unpaired) electrons. The summed E-state index contributed by atoms with van der Waals surface area (Å²) in [6, 6.07) is 27.6. The average molecular weight is 524 g/mol. The molecule has 0 aliphatic rings. The monoisotopic (exact) mass is 523 g/mol. The van der Waals surface area contributed by atoms with Crippen molar-refractivity contribution in [2.24, 2.45) is 5.10 Å². The molecule has 2 heterocycles. The number of nitrogens with zero attached hydrogens (tertiary/aromatic N) is 3. The van der Waals surface area contributed by atoms with Crippen molar-refractivity contribution in [2.75, 3.05) is 0 Å². The van der Waals surface area contributed by atoms with E-state index in [9.17, 15) is 9.18 Å². The van der Waals surface area contributed by atoms with Gasteiger partial charge in [-0.3, -0.25) is 4.79 Å². The quantitative estimate of drug-likeness (QED) is 0.219. The van der Waals surface area contributed by atoms with Gasteiger partial charge in [0.1, 0.15) is 23.8 Å². The zero-order chi connectivity index (χ0) is 26.1. The van der Waals surface area contributed by atoms with Crippen LogP contribution in [0, 0.1) is 5.82 Å². The van der Waals surface area contributed by atoms with E-state index >= 15 is 0 Å². The van der Waals surface area contributed by atoms with Crippen molar-refractivity contribution in [3.05, 3.63) is 129 Å². The van der Waals surface area contributed by atoms with Gasteiger partial charge in [-0.2, -0.15) is 9.78 Å². The lowest BCUT2D eigenvalue weighted by atomic mass is 10.2. The zero-order valence-corrected chi connectivity index (χ0v) is 20.6. The standard InChI is InChI=1S/C30H19ClFN3O3/c31-22-11-14-26(37-18-19-9-12-23(32)13-10-19)21(15-22)17-33-35-29(28-16-20-5-1-4-8-27(20)38-28)34-25-7-3-2-6-24(25)30(35)36/h1-17H,18H2. The van der Waals surface area contributed by atoms with Gasteiger partial charge >= 0.3 is 0 Å². The van der Waals surface area contributed by atoms with Crippen molar-refractivity contribution in [3.8, 4) is 17.3 Å². The number of ether oxygens (including phenoxy) is 1. The minimum atomic E-state index is -0.349. The second-order valence-electron chi connectivity index (χ2n) is 8.56. The molecule has 0 spiro atoms. The van der Waals surface area contributed by atoms with Gasteiger partial charge < -0.3 is 9.15 Å². The Morgan fingerprint density at radius 2 is 1.76 bits per heavy atom. The highest BCUT2D eigenvalue weighted by molar-refractivity contribution is 6.30. The molecule has 6 aromatic rings. The fraction of sp³-hybridized carbons (Fsp3) is 0.0333. The van der Waals surface area contributed by atoms with Crippen LogP contribution >= 0.6 is 11.6 Å². The largest absolute Gasteiger partial charge is 0.488 e. The summed E-state index contributed by atoms with van der Waals surface area (Å²) in [5.74, 6) is 0.847.